The van der Waals surface area contributed by atoms with Gasteiger partial charge in [0.2, 0.25) is 0 Å². The van der Waals surface area contributed by atoms with Crippen LogP contribution in [0.15, 0.2) is 4.99 Å². The number of hydrogen-bond donors (Lipinski definition) is 1. The van der Waals surface area contributed by atoms with E-state index in [9.17, 15) is 0 Å². The van der Waals surface area contributed by atoms with Crippen molar-refractivity contribution in [3.05, 3.63) is 0 Å². The molecule has 0 amide bonds. The Bertz CT molecular complexity index is 150. The monoisotopic (exact) mass is 158 g/mol. The minimum Gasteiger partial charge on any atom is -0.387 e. The highest BCUT2D eigenvalue weighted by atomic mass is 32.1. The van der Waals surface area contributed by atoms with E-state index >= 15 is 0 Å². The van der Waals surface area contributed by atoms with E-state index in [2.05, 4.69) is 4.99 Å². The molecule has 0 rings (SSSR count). The molecule has 10 heavy (non-hydrogen) atoms. The molecule has 0 aromatic heterocycles. The number of thiocarbonyl (C=S) groups is 1. The lowest BCUT2D eigenvalue weighted by Gasteiger charge is -2.01. The van der Waals surface area contributed by atoms with E-state index < -0.39 is 0 Å². The van der Waals surface area contributed by atoms with Gasteiger partial charge in [-0.2, -0.15) is 0 Å². The van der Waals surface area contributed by atoms with Crippen LogP contribution in [0.5, 0.6) is 0 Å². The van der Waals surface area contributed by atoms with Gasteiger partial charge in [0.05, 0.1) is 5.84 Å². The Kier molecular flexibility index (Phi) is 4.19. The van der Waals surface area contributed by atoms with Crippen LogP contribution in [0.3, 0.4) is 0 Å². The van der Waals surface area contributed by atoms with Gasteiger partial charge in [0.25, 0.3) is 0 Å². The summed E-state index contributed by atoms with van der Waals surface area (Å²) >= 11 is 4.95. The second kappa shape index (κ2) is 4.39. The molecule has 0 aromatic carbocycles. The fourth-order valence-corrected chi connectivity index (χ4v) is 0.467. The molecule has 0 heterocycles. The third-order valence-electron chi connectivity index (χ3n) is 1.11. The van der Waals surface area contributed by atoms with Crippen LogP contribution >= 0.6 is 12.2 Å². The number of nitrogens with zero attached hydrogens (tertiary/aromatic N) is 1. The molecule has 0 spiro atoms. The van der Waals surface area contributed by atoms with Crippen LogP contribution in [-0.4, -0.2) is 10.8 Å². The van der Waals surface area contributed by atoms with Gasteiger partial charge in [-0.25, -0.2) is 4.99 Å². The van der Waals surface area contributed by atoms with Crippen LogP contribution in [0.1, 0.15) is 27.2 Å². The molecule has 2 nitrogen and oxygen atoms in total. The minimum atomic E-state index is 0.320. The Hall–Kier alpha value is -0.440. The number of hydrogen-bond acceptors (Lipinski definition) is 1. The number of nitrogens with two attached hydrogens (primary N) is 1. The molecule has 0 saturated heterocycles. The van der Waals surface area contributed by atoms with Crippen molar-refractivity contribution in [1.82, 2.24) is 0 Å². The highest BCUT2D eigenvalue weighted by Gasteiger charge is 1.99. The molecule has 0 unspecified atom stereocenters. The SMILES string of the molecule is CCC(N)=NC(=S)C(C)C. The zero-order valence-electron chi connectivity index (χ0n) is 6.72. The zero-order valence-corrected chi connectivity index (χ0v) is 7.53. The van der Waals surface area contributed by atoms with Crippen LogP contribution in [0.25, 0.3) is 0 Å². The first kappa shape index (κ1) is 9.56. The molecule has 2 N–H and O–H groups in total. The van der Waals surface area contributed by atoms with Gasteiger partial charge >= 0.3 is 0 Å². The molecule has 0 fully saturated rings. The van der Waals surface area contributed by atoms with E-state index in [0.29, 0.717) is 16.7 Å². The Labute approximate surface area is 67.5 Å². The van der Waals surface area contributed by atoms with Gasteiger partial charge in [-0.05, 0) is 0 Å². The van der Waals surface area contributed by atoms with Crippen LogP contribution in [0.2, 0.25) is 0 Å². The highest BCUT2D eigenvalue weighted by Crippen LogP contribution is 1.98. The van der Waals surface area contributed by atoms with Crippen molar-refractivity contribution in [2.24, 2.45) is 16.6 Å². The minimum absolute atomic E-state index is 0.320. The lowest BCUT2D eigenvalue weighted by Crippen LogP contribution is -2.14. The lowest BCUT2D eigenvalue weighted by atomic mass is 10.2. The van der Waals surface area contributed by atoms with Gasteiger partial charge in [-0.3, -0.25) is 0 Å². The molecule has 0 radical (unpaired) electrons. The third-order valence-corrected chi connectivity index (χ3v) is 1.67. The second-order valence-electron chi connectivity index (χ2n) is 2.45. The van der Waals surface area contributed by atoms with E-state index in [1.165, 1.54) is 0 Å². The quantitative estimate of drug-likeness (QED) is 0.377. The van der Waals surface area contributed by atoms with Gasteiger partial charge < -0.3 is 5.73 Å². The van der Waals surface area contributed by atoms with Crippen molar-refractivity contribution in [3.63, 3.8) is 0 Å². The molecule has 3 heteroatoms. The van der Waals surface area contributed by atoms with Crippen molar-refractivity contribution >= 4 is 23.0 Å². The summed E-state index contributed by atoms with van der Waals surface area (Å²) in [6.07, 6.45) is 0.771. The summed E-state index contributed by atoms with van der Waals surface area (Å²) in [4.78, 5) is 4.71. The van der Waals surface area contributed by atoms with Crippen molar-refractivity contribution in [3.8, 4) is 0 Å². The van der Waals surface area contributed by atoms with Crippen LogP contribution < -0.4 is 5.73 Å². The largest absolute Gasteiger partial charge is 0.387 e. The summed E-state index contributed by atoms with van der Waals surface area (Å²) < 4.78 is 0. The summed E-state index contributed by atoms with van der Waals surface area (Å²) in [6.45, 7) is 5.98. The molecule has 0 aliphatic heterocycles. The van der Waals surface area contributed by atoms with E-state index in [-0.39, 0.29) is 0 Å². The summed E-state index contributed by atoms with van der Waals surface area (Å²) in [6, 6.07) is 0. The average molecular weight is 158 g/mol. The second-order valence-corrected chi connectivity index (χ2v) is 2.87. The molecule has 0 aliphatic carbocycles. The Morgan fingerprint density at radius 3 is 2.40 bits per heavy atom. The first-order chi connectivity index (χ1) is 4.57. The molecule has 58 valence electrons. The first-order valence-electron chi connectivity index (χ1n) is 3.44. The van der Waals surface area contributed by atoms with Gasteiger partial charge in [-0.1, -0.05) is 33.0 Å². The predicted octanol–water partition coefficient (Wildman–Crippen LogP) is 1.74. The van der Waals surface area contributed by atoms with Crippen LogP contribution in [-0.2, 0) is 0 Å². The van der Waals surface area contributed by atoms with Crippen molar-refractivity contribution in [1.29, 1.82) is 0 Å². The molecular weight excluding hydrogens is 144 g/mol. The van der Waals surface area contributed by atoms with Gasteiger partial charge in [0.15, 0.2) is 0 Å². The number of rotatable bonds is 2. The summed E-state index contributed by atoms with van der Waals surface area (Å²) in [5, 5.41) is 0. The highest BCUT2D eigenvalue weighted by molar-refractivity contribution is 7.80. The van der Waals surface area contributed by atoms with Crippen LogP contribution in [0, 0.1) is 5.92 Å². The normalized spacial score (nSPS) is 12.2. The lowest BCUT2D eigenvalue weighted by molar-refractivity contribution is 0.890. The predicted molar refractivity (Wildman–Crippen MR) is 49.3 cm³/mol. The maximum atomic E-state index is 5.47. The standard InChI is InChI=1S/C7H14N2S/c1-4-6(8)9-7(10)5(2)3/h5H,4H2,1-3H3,(H2,8,9,10). The Balaban J connectivity index is 4.00. The molecule has 0 aliphatic rings. The fraction of sp³-hybridized carbons (Fsp3) is 0.714. The van der Waals surface area contributed by atoms with Crippen molar-refractivity contribution in [2.45, 2.75) is 27.2 Å². The van der Waals surface area contributed by atoms with E-state index in [0.717, 1.165) is 6.42 Å². The molecule has 0 aromatic rings. The topological polar surface area (TPSA) is 38.4 Å². The van der Waals surface area contributed by atoms with Gasteiger partial charge in [0, 0.05) is 12.3 Å². The van der Waals surface area contributed by atoms with Crippen molar-refractivity contribution in [2.75, 3.05) is 0 Å². The first-order valence-corrected chi connectivity index (χ1v) is 3.85. The Morgan fingerprint density at radius 1 is 1.60 bits per heavy atom. The number of amidine groups is 1. The maximum Gasteiger partial charge on any atom is 0.108 e. The third kappa shape index (κ3) is 3.56. The Morgan fingerprint density at radius 2 is 2.10 bits per heavy atom. The van der Waals surface area contributed by atoms with Crippen LogP contribution in [0.4, 0.5) is 0 Å². The summed E-state index contributed by atoms with van der Waals surface area (Å²) in [5.74, 6) is 0.943. The van der Waals surface area contributed by atoms with E-state index in [4.69, 9.17) is 18.0 Å². The molecule has 0 saturated carbocycles. The molecular formula is C7H14N2S. The van der Waals surface area contributed by atoms with Gasteiger partial charge in [-0.15, -0.1) is 0 Å². The number of aliphatic imine (C=N–C) groups is 1. The maximum absolute atomic E-state index is 5.47. The van der Waals surface area contributed by atoms with E-state index in [1.807, 2.05) is 20.8 Å². The molecule has 0 atom stereocenters. The average Bonchev–Trinajstić information content (AvgIpc) is 1.87. The zero-order chi connectivity index (χ0) is 8.15. The van der Waals surface area contributed by atoms with Gasteiger partial charge in [0.1, 0.15) is 4.99 Å². The smallest absolute Gasteiger partial charge is 0.108 e. The summed E-state index contributed by atoms with van der Waals surface area (Å²) in [5.41, 5.74) is 5.47. The summed E-state index contributed by atoms with van der Waals surface area (Å²) in [7, 11) is 0. The van der Waals surface area contributed by atoms with E-state index in [1.54, 1.807) is 0 Å². The van der Waals surface area contributed by atoms with Crippen molar-refractivity contribution < 1.29 is 0 Å². The fourth-order valence-electron chi connectivity index (χ4n) is 0.350. The molecule has 0 bridgehead atoms.